The Labute approximate surface area is 123 Å². The molecule has 0 amide bonds. The molecule has 0 unspecified atom stereocenters. The Morgan fingerprint density at radius 1 is 1.25 bits per heavy atom. The minimum atomic E-state index is -0.515. The fourth-order valence-corrected chi connectivity index (χ4v) is 2.18. The van der Waals surface area contributed by atoms with Gasteiger partial charge in [-0.15, -0.1) is 0 Å². The number of halogens is 2. The predicted octanol–water partition coefficient (Wildman–Crippen LogP) is 3.78. The van der Waals surface area contributed by atoms with Crippen LogP contribution in [0.15, 0.2) is 42.6 Å². The second kappa shape index (κ2) is 5.15. The first kappa shape index (κ1) is 13.0. The zero-order valence-electron chi connectivity index (χ0n) is 10.0. The summed E-state index contributed by atoms with van der Waals surface area (Å²) in [6.07, 6.45) is 1.65. The molecule has 0 atom stereocenters. The highest BCUT2D eigenvalue weighted by molar-refractivity contribution is 7.71. The minimum absolute atomic E-state index is 0.0585. The summed E-state index contributed by atoms with van der Waals surface area (Å²) in [4.78, 5) is 4.22. The van der Waals surface area contributed by atoms with Crippen LogP contribution in [0.2, 0.25) is 5.02 Å². The summed E-state index contributed by atoms with van der Waals surface area (Å²) in [6, 6.07) is 9.89. The van der Waals surface area contributed by atoms with E-state index in [1.54, 1.807) is 29.0 Å². The molecule has 2 aromatic heterocycles. The third-order valence-electron chi connectivity index (χ3n) is 2.73. The maximum Gasteiger partial charge on any atom is 0.200 e. The van der Waals surface area contributed by atoms with Crippen molar-refractivity contribution in [2.75, 3.05) is 0 Å². The van der Waals surface area contributed by atoms with Gasteiger partial charge in [-0.1, -0.05) is 17.7 Å². The molecule has 4 nitrogen and oxygen atoms in total. The van der Waals surface area contributed by atoms with Gasteiger partial charge < -0.3 is 0 Å². The zero-order chi connectivity index (χ0) is 14.1. The first-order chi connectivity index (χ1) is 9.66. The van der Waals surface area contributed by atoms with Gasteiger partial charge in [0.1, 0.15) is 11.5 Å². The Morgan fingerprint density at radius 2 is 2.10 bits per heavy atom. The maximum absolute atomic E-state index is 13.6. The van der Waals surface area contributed by atoms with E-state index in [0.29, 0.717) is 22.0 Å². The standard InChI is InChI=1S/C13H8ClFN4S/c14-9-5-4-8(7-10(9)15)19-12(17-18-13(19)20)11-3-1-2-6-16-11/h1-7H,(H,18,20). The van der Waals surface area contributed by atoms with Crippen molar-refractivity contribution in [1.29, 1.82) is 0 Å². The molecule has 3 rings (SSSR count). The highest BCUT2D eigenvalue weighted by atomic mass is 35.5. The van der Waals surface area contributed by atoms with Gasteiger partial charge in [-0.25, -0.2) is 4.39 Å². The number of H-pyrrole nitrogens is 1. The molecular formula is C13H8ClFN4S. The summed E-state index contributed by atoms with van der Waals surface area (Å²) in [7, 11) is 0. The van der Waals surface area contributed by atoms with E-state index >= 15 is 0 Å². The largest absolute Gasteiger partial charge is 0.267 e. The summed E-state index contributed by atoms with van der Waals surface area (Å²) in [5, 5.41) is 6.89. The number of rotatable bonds is 2. The van der Waals surface area contributed by atoms with Gasteiger partial charge >= 0.3 is 0 Å². The van der Waals surface area contributed by atoms with Crippen molar-refractivity contribution in [1.82, 2.24) is 19.7 Å². The van der Waals surface area contributed by atoms with Crippen LogP contribution in [-0.4, -0.2) is 19.7 Å². The molecule has 7 heteroatoms. The Bertz CT molecular complexity index is 813. The van der Waals surface area contributed by atoms with Crippen LogP contribution in [0.4, 0.5) is 4.39 Å². The normalized spacial score (nSPS) is 10.7. The average Bonchev–Trinajstić information content (AvgIpc) is 2.85. The molecular weight excluding hydrogens is 299 g/mol. The van der Waals surface area contributed by atoms with Gasteiger partial charge in [0.05, 0.1) is 10.7 Å². The molecule has 1 N–H and O–H groups in total. The Balaban J connectivity index is 2.22. The van der Waals surface area contributed by atoms with E-state index in [0.717, 1.165) is 0 Å². The van der Waals surface area contributed by atoms with E-state index in [4.69, 9.17) is 23.8 Å². The average molecular weight is 307 g/mol. The number of nitrogens with zero attached hydrogens (tertiary/aromatic N) is 3. The van der Waals surface area contributed by atoms with Crippen LogP contribution in [0.25, 0.3) is 17.2 Å². The molecule has 0 radical (unpaired) electrons. The smallest absolute Gasteiger partial charge is 0.200 e. The van der Waals surface area contributed by atoms with E-state index in [-0.39, 0.29) is 5.02 Å². The Hall–Kier alpha value is -2.05. The topological polar surface area (TPSA) is 46.5 Å². The monoisotopic (exact) mass is 306 g/mol. The van der Waals surface area contributed by atoms with Crippen molar-refractivity contribution in [2.45, 2.75) is 0 Å². The molecule has 0 bridgehead atoms. The van der Waals surface area contributed by atoms with E-state index < -0.39 is 5.82 Å². The van der Waals surface area contributed by atoms with Crippen molar-refractivity contribution in [3.05, 3.63) is 58.2 Å². The number of hydrogen-bond donors (Lipinski definition) is 1. The predicted molar refractivity (Wildman–Crippen MR) is 76.9 cm³/mol. The number of nitrogens with one attached hydrogen (secondary N) is 1. The van der Waals surface area contributed by atoms with Crippen LogP contribution in [0.3, 0.4) is 0 Å². The second-order valence-corrected chi connectivity index (χ2v) is 4.80. The van der Waals surface area contributed by atoms with Crippen molar-refractivity contribution >= 4 is 23.8 Å². The van der Waals surface area contributed by atoms with Gasteiger partial charge in [-0.2, -0.15) is 5.10 Å². The summed E-state index contributed by atoms with van der Waals surface area (Å²) in [5.74, 6) is -0.00319. The molecule has 0 fully saturated rings. The lowest BCUT2D eigenvalue weighted by atomic mass is 10.3. The molecule has 100 valence electrons. The molecule has 0 aliphatic rings. The minimum Gasteiger partial charge on any atom is -0.267 e. The first-order valence-corrected chi connectivity index (χ1v) is 6.49. The van der Waals surface area contributed by atoms with Gasteiger partial charge in [0, 0.05) is 6.20 Å². The van der Waals surface area contributed by atoms with Crippen molar-refractivity contribution < 1.29 is 4.39 Å². The summed E-state index contributed by atoms with van der Waals surface area (Å²) in [5.41, 5.74) is 1.17. The number of aromatic amines is 1. The van der Waals surface area contributed by atoms with Crippen LogP contribution >= 0.6 is 23.8 Å². The SMILES string of the molecule is Fc1cc(-n2c(-c3ccccn3)n[nH]c2=S)ccc1Cl. The lowest BCUT2D eigenvalue weighted by Crippen LogP contribution is -1.99. The molecule has 0 saturated carbocycles. The first-order valence-electron chi connectivity index (χ1n) is 5.71. The number of aromatic nitrogens is 4. The highest BCUT2D eigenvalue weighted by Gasteiger charge is 2.12. The molecule has 20 heavy (non-hydrogen) atoms. The van der Waals surface area contributed by atoms with Crippen LogP contribution in [0.1, 0.15) is 0 Å². The lowest BCUT2D eigenvalue weighted by molar-refractivity contribution is 0.627. The van der Waals surface area contributed by atoms with Gasteiger partial charge in [0.2, 0.25) is 0 Å². The number of benzene rings is 1. The summed E-state index contributed by atoms with van der Waals surface area (Å²) in [6.45, 7) is 0. The van der Waals surface area contributed by atoms with Gasteiger partial charge in [0.15, 0.2) is 10.6 Å². The Kier molecular flexibility index (Phi) is 3.33. The van der Waals surface area contributed by atoms with Crippen LogP contribution in [0.5, 0.6) is 0 Å². The molecule has 2 heterocycles. The van der Waals surface area contributed by atoms with Crippen molar-refractivity contribution in [3.8, 4) is 17.2 Å². The van der Waals surface area contributed by atoms with E-state index in [1.165, 1.54) is 12.1 Å². The highest BCUT2D eigenvalue weighted by Crippen LogP contribution is 2.23. The third kappa shape index (κ3) is 2.23. The van der Waals surface area contributed by atoms with Crippen LogP contribution in [0, 0.1) is 10.6 Å². The van der Waals surface area contributed by atoms with Crippen molar-refractivity contribution in [2.24, 2.45) is 0 Å². The lowest BCUT2D eigenvalue weighted by Gasteiger charge is -2.07. The fraction of sp³-hybridized carbons (Fsp3) is 0. The van der Waals surface area contributed by atoms with E-state index in [9.17, 15) is 4.39 Å². The van der Waals surface area contributed by atoms with Gasteiger partial charge in [-0.05, 0) is 42.5 Å². The molecule has 3 aromatic rings. The molecule has 0 aliphatic carbocycles. The zero-order valence-corrected chi connectivity index (χ0v) is 11.6. The quantitative estimate of drug-likeness (QED) is 0.733. The van der Waals surface area contributed by atoms with Crippen LogP contribution in [-0.2, 0) is 0 Å². The van der Waals surface area contributed by atoms with Crippen LogP contribution < -0.4 is 0 Å². The summed E-state index contributed by atoms with van der Waals surface area (Å²) < 4.78 is 15.6. The van der Waals surface area contributed by atoms with Gasteiger partial charge in [-0.3, -0.25) is 14.6 Å². The molecule has 0 aliphatic heterocycles. The van der Waals surface area contributed by atoms with E-state index in [1.807, 2.05) is 6.07 Å². The van der Waals surface area contributed by atoms with Crippen molar-refractivity contribution in [3.63, 3.8) is 0 Å². The fourth-order valence-electron chi connectivity index (χ4n) is 1.83. The van der Waals surface area contributed by atoms with E-state index in [2.05, 4.69) is 15.2 Å². The molecule has 0 saturated heterocycles. The second-order valence-electron chi connectivity index (χ2n) is 4.00. The number of pyridine rings is 1. The Morgan fingerprint density at radius 3 is 2.80 bits per heavy atom. The molecule has 0 spiro atoms. The summed E-state index contributed by atoms with van der Waals surface area (Å²) >= 11 is 10.9. The number of hydrogen-bond acceptors (Lipinski definition) is 3. The third-order valence-corrected chi connectivity index (χ3v) is 3.31. The maximum atomic E-state index is 13.6. The molecule has 1 aromatic carbocycles. The van der Waals surface area contributed by atoms with Gasteiger partial charge in [0.25, 0.3) is 0 Å².